The zero-order valence-corrected chi connectivity index (χ0v) is 10.3. The Morgan fingerprint density at radius 3 is 2.06 bits per heavy atom. The maximum Gasteiger partial charge on any atom is 0.416 e. The summed E-state index contributed by atoms with van der Waals surface area (Å²) in [5.41, 5.74) is 0.116. The fourth-order valence-electron chi connectivity index (χ4n) is 1.51. The monoisotopic (exact) mass is 245 g/mol. The van der Waals surface area contributed by atoms with Crippen LogP contribution >= 0.6 is 0 Å². The first-order chi connectivity index (χ1) is 7.84. The minimum Gasteiger partial charge on any atom is -0.382 e. The van der Waals surface area contributed by atoms with Crippen molar-refractivity contribution in [3.8, 4) is 0 Å². The first-order valence-corrected chi connectivity index (χ1v) is 5.78. The highest BCUT2D eigenvalue weighted by molar-refractivity contribution is 5.45. The molecule has 0 fully saturated rings. The summed E-state index contributed by atoms with van der Waals surface area (Å²) < 4.78 is 37.0. The molecule has 0 saturated heterocycles. The summed E-state index contributed by atoms with van der Waals surface area (Å²) in [6, 6.07) is 5.40. The number of nitrogens with one attached hydrogen (secondary N) is 1. The number of rotatable bonds is 4. The van der Waals surface area contributed by atoms with Crippen molar-refractivity contribution in [1.82, 2.24) is 0 Å². The molecule has 0 aliphatic rings. The summed E-state index contributed by atoms with van der Waals surface area (Å²) in [6.45, 7) is 6.24. The SMILES string of the molecule is CCC(C)C(C)Nc1ccc(C(F)(F)F)cc1. The summed E-state index contributed by atoms with van der Waals surface area (Å²) >= 11 is 0. The standard InChI is InChI=1S/C13H18F3N/c1-4-9(2)10(3)17-12-7-5-11(6-8-12)13(14,15)16/h5-10,17H,4H2,1-3H3. The maximum absolute atomic E-state index is 12.3. The van der Waals surface area contributed by atoms with Crippen molar-refractivity contribution in [3.05, 3.63) is 29.8 Å². The molecule has 96 valence electrons. The topological polar surface area (TPSA) is 12.0 Å². The summed E-state index contributed by atoms with van der Waals surface area (Å²) in [7, 11) is 0. The minimum atomic E-state index is -4.26. The van der Waals surface area contributed by atoms with Gasteiger partial charge in [-0.15, -0.1) is 0 Å². The van der Waals surface area contributed by atoms with Crippen LogP contribution in [-0.2, 0) is 6.18 Å². The molecule has 0 heterocycles. The van der Waals surface area contributed by atoms with Gasteiger partial charge in [0.05, 0.1) is 5.56 Å². The van der Waals surface area contributed by atoms with Crippen LogP contribution in [-0.4, -0.2) is 6.04 Å². The molecule has 0 aliphatic heterocycles. The first-order valence-electron chi connectivity index (χ1n) is 5.78. The van der Waals surface area contributed by atoms with Crippen molar-refractivity contribution in [2.75, 3.05) is 5.32 Å². The van der Waals surface area contributed by atoms with Crippen LogP contribution in [0.3, 0.4) is 0 Å². The Bertz CT molecular complexity index is 343. The van der Waals surface area contributed by atoms with E-state index in [9.17, 15) is 13.2 Å². The lowest BCUT2D eigenvalue weighted by Crippen LogP contribution is -2.23. The molecule has 0 spiro atoms. The van der Waals surface area contributed by atoms with E-state index >= 15 is 0 Å². The van der Waals surface area contributed by atoms with Gasteiger partial charge in [-0.05, 0) is 37.1 Å². The summed E-state index contributed by atoms with van der Waals surface area (Å²) in [6.07, 6.45) is -3.23. The Balaban J connectivity index is 2.69. The molecule has 2 atom stereocenters. The van der Waals surface area contributed by atoms with Crippen LogP contribution in [0.25, 0.3) is 0 Å². The van der Waals surface area contributed by atoms with Crippen LogP contribution in [0.1, 0.15) is 32.8 Å². The van der Waals surface area contributed by atoms with Crippen LogP contribution in [0, 0.1) is 5.92 Å². The third-order valence-electron chi connectivity index (χ3n) is 3.10. The van der Waals surface area contributed by atoms with Gasteiger partial charge in [0, 0.05) is 11.7 Å². The van der Waals surface area contributed by atoms with Crippen molar-refractivity contribution in [2.45, 2.75) is 39.4 Å². The number of anilines is 1. The molecule has 0 saturated carbocycles. The van der Waals surface area contributed by atoms with Crippen LogP contribution < -0.4 is 5.32 Å². The molecule has 0 aromatic heterocycles. The van der Waals surface area contributed by atoms with Crippen LogP contribution in [0.5, 0.6) is 0 Å². The zero-order valence-electron chi connectivity index (χ0n) is 10.3. The second-order valence-electron chi connectivity index (χ2n) is 4.39. The lowest BCUT2D eigenvalue weighted by Gasteiger charge is -2.21. The van der Waals surface area contributed by atoms with Gasteiger partial charge in [0.15, 0.2) is 0 Å². The maximum atomic E-state index is 12.3. The smallest absolute Gasteiger partial charge is 0.382 e. The number of hydrogen-bond donors (Lipinski definition) is 1. The van der Waals surface area contributed by atoms with Crippen molar-refractivity contribution in [2.24, 2.45) is 5.92 Å². The Labute approximate surface area is 100 Å². The number of benzene rings is 1. The molecule has 4 heteroatoms. The summed E-state index contributed by atoms with van der Waals surface area (Å²) in [5, 5.41) is 3.20. The van der Waals surface area contributed by atoms with Crippen LogP contribution in [0.15, 0.2) is 24.3 Å². The van der Waals surface area contributed by atoms with Gasteiger partial charge in [0.2, 0.25) is 0 Å². The predicted molar refractivity (Wildman–Crippen MR) is 64.0 cm³/mol. The molecule has 1 aromatic rings. The molecule has 1 N–H and O–H groups in total. The van der Waals surface area contributed by atoms with E-state index in [2.05, 4.69) is 19.2 Å². The van der Waals surface area contributed by atoms with Crippen molar-refractivity contribution >= 4 is 5.69 Å². The van der Waals surface area contributed by atoms with Gasteiger partial charge in [-0.3, -0.25) is 0 Å². The Hall–Kier alpha value is -1.19. The zero-order chi connectivity index (χ0) is 13.1. The molecule has 1 aromatic carbocycles. The average molecular weight is 245 g/mol. The van der Waals surface area contributed by atoms with Crippen molar-refractivity contribution < 1.29 is 13.2 Å². The van der Waals surface area contributed by atoms with E-state index < -0.39 is 11.7 Å². The highest BCUT2D eigenvalue weighted by atomic mass is 19.4. The summed E-state index contributed by atoms with van der Waals surface area (Å²) in [4.78, 5) is 0. The van der Waals surface area contributed by atoms with E-state index in [1.165, 1.54) is 12.1 Å². The van der Waals surface area contributed by atoms with E-state index in [0.717, 1.165) is 24.2 Å². The van der Waals surface area contributed by atoms with Crippen LogP contribution in [0.4, 0.5) is 18.9 Å². The molecule has 1 rings (SSSR count). The molecule has 0 amide bonds. The second kappa shape index (κ2) is 5.43. The van der Waals surface area contributed by atoms with Gasteiger partial charge in [-0.1, -0.05) is 20.3 Å². The predicted octanol–water partition coefficient (Wildman–Crippen LogP) is 4.55. The molecule has 0 bridgehead atoms. The van der Waals surface area contributed by atoms with E-state index in [1.807, 2.05) is 6.92 Å². The van der Waals surface area contributed by atoms with Crippen molar-refractivity contribution in [3.63, 3.8) is 0 Å². The first kappa shape index (κ1) is 13.9. The molecular weight excluding hydrogens is 227 g/mol. The van der Waals surface area contributed by atoms with Crippen LogP contribution in [0.2, 0.25) is 0 Å². The third-order valence-corrected chi connectivity index (χ3v) is 3.10. The van der Waals surface area contributed by atoms with E-state index in [0.29, 0.717) is 5.92 Å². The molecule has 17 heavy (non-hydrogen) atoms. The lowest BCUT2D eigenvalue weighted by molar-refractivity contribution is -0.137. The summed E-state index contributed by atoms with van der Waals surface area (Å²) in [5.74, 6) is 0.484. The highest BCUT2D eigenvalue weighted by Gasteiger charge is 2.29. The molecule has 2 unspecified atom stereocenters. The Morgan fingerprint density at radius 2 is 1.65 bits per heavy atom. The molecule has 0 radical (unpaired) electrons. The molecular formula is C13H18F3N. The lowest BCUT2D eigenvalue weighted by atomic mass is 10.0. The van der Waals surface area contributed by atoms with Gasteiger partial charge in [0.1, 0.15) is 0 Å². The minimum absolute atomic E-state index is 0.247. The number of alkyl halides is 3. The number of hydrogen-bond acceptors (Lipinski definition) is 1. The normalized spacial score (nSPS) is 15.4. The molecule has 1 nitrogen and oxygen atoms in total. The van der Waals surface area contributed by atoms with Gasteiger partial charge in [0.25, 0.3) is 0 Å². The van der Waals surface area contributed by atoms with E-state index in [1.54, 1.807) is 0 Å². The van der Waals surface area contributed by atoms with Crippen molar-refractivity contribution in [1.29, 1.82) is 0 Å². The fourth-order valence-corrected chi connectivity index (χ4v) is 1.51. The third kappa shape index (κ3) is 3.95. The second-order valence-corrected chi connectivity index (χ2v) is 4.39. The van der Waals surface area contributed by atoms with Gasteiger partial charge >= 0.3 is 6.18 Å². The van der Waals surface area contributed by atoms with E-state index in [4.69, 9.17) is 0 Å². The van der Waals surface area contributed by atoms with E-state index in [-0.39, 0.29) is 6.04 Å². The Kier molecular flexibility index (Phi) is 4.43. The largest absolute Gasteiger partial charge is 0.416 e. The van der Waals surface area contributed by atoms with Gasteiger partial charge < -0.3 is 5.32 Å². The quantitative estimate of drug-likeness (QED) is 0.820. The highest BCUT2D eigenvalue weighted by Crippen LogP contribution is 2.30. The average Bonchev–Trinajstić information content (AvgIpc) is 2.27. The Morgan fingerprint density at radius 1 is 1.12 bits per heavy atom. The molecule has 0 aliphatic carbocycles. The van der Waals surface area contributed by atoms with Gasteiger partial charge in [-0.25, -0.2) is 0 Å². The van der Waals surface area contributed by atoms with Gasteiger partial charge in [-0.2, -0.15) is 13.2 Å². The number of halogens is 3. The fraction of sp³-hybridized carbons (Fsp3) is 0.538.